The first-order chi connectivity index (χ1) is 7.95. The number of Topliss-reactive ketones (excluding diaryl/α,β-unsaturated/α-hetero) is 1. The minimum Gasteiger partial charge on any atom is -0.497 e. The SMILES string of the molecule is COc1ccc(C2C(Br)C(=O)CC2(C)C)cc1. The number of methoxy groups -OCH3 is 1. The Morgan fingerprint density at radius 3 is 2.29 bits per heavy atom. The predicted molar refractivity (Wildman–Crippen MR) is 71.9 cm³/mol. The Labute approximate surface area is 110 Å². The molecule has 0 bridgehead atoms. The number of hydrogen-bond acceptors (Lipinski definition) is 2. The lowest BCUT2D eigenvalue weighted by Crippen LogP contribution is -2.20. The molecule has 2 atom stereocenters. The first kappa shape index (κ1) is 12.6. The van der Waals surface area contributed by atoms with Gasteiger partial charge in [0.15, 0.2) is 0 Å². The van der Waals surface area contributed by atoms with Crippen molar-refractivity contribution >= 4 is 21.7 Å². The van der Waals surface area contributed by atoms with Crippen molar-refractivity contribution in [2.75, 3.05) is 7.11 Å². The summed E-state index contributed by atoms with van der Waals surface area (Å²) >= 11 is 3.54. The lowest BCUT2D eigenvalue weighted by atomic mass is 9.78. The van der Waals surface area contributed by atoms with Gasteiger partial charge in [-0.05, 0) is 23.1 Å². The predicted octanol–water partition coefficient (Wildman–Crippen LogP) is 3.54. The molecule has 1 fully saturated rings. The zero-order chi connectivity index (χ0) is 12.6. The van der Waals surface area contributed by atoms with Crippen LogP contribution in [0.5, 0.6) is 5.75 Å². The molecular weight excluding hydrogens is 280 g/mol. The number of halogens is 1. The maximum atomic E-state index is 11.8. The van der Waals surface area contributed by atoms with Crippen LogP contribution in [0.2, 0.25) is 0 Å². The highest BCUT2D eigenvalue weighted by atomic mass is 79.9. The zero-order valence-corrected chi connectivity index (χ0v) is 12.0. The molecular formula is C14H17BrO2. The second kappa shape index (κ2) is 4.45. The quantitative estimate of drug-likeness (QED) is 0.780. The third-order valence-electron chi connectivity index (χ3n) is 3.55. The van der Waals surface area contributed by atoms with E-state index in [4.69, 9.17) is 4.74 Å². The lowest BCUT2D eigenvalue weighted by Gasteiger charge is -2.28. The summed E-state index contributed by atoms with van der Waals surface area (Å²) in [6.07, 6.45) is 0.639. The van der Waals surface area contributed by atoms with Gasteiger partial charge in [0, 0.05) is 12.3 Å². The molecule has 1 aliphatic carbocycles. The number of rotatable bonds is 2. The van der Waals surface area contributed by atoms with Gasteiger partial charge in [0.2, 0.25) is 0 Å². The Kier molecular flexibility index (Phi) is 3.30. The summed E-state index contributed by atoms with van der Waals surface area (Å²) in [5.74, 6) is 1.39. The van der Waals surface area contributed by atoms with Gasteiger partial charge < -0.3 is 4.74 Å². The first-order valence-electron chi connectivity index (χ1n) is 5.76. The fraction of sp³-hybridized carbons (Fsp3) is 0.500. The third-order valence-corrected chi connectivity index (χ3v) is 4.59. The summed E-state index contributed by atoms with van der Waals surface area (Å²) in [6.45, 7) is 4.31. The van der Waals surface area contributed by atoms with Crippen molar-refractivity contribution in [3.05, 3.63) is 29.8 Å². The number of hydrogen-bond donors (Lipinski definition) is 0. The van der Waals surface area contributed by atoms with Crippen molar-refractivity contribution < 1.29 is 9.53 Å². The normalized spacial score (nSPS) is 27.2. The van der Waals surface area contributed by atoms with Gasteiger partial charge in [0.05, 0.1) is 11.9 Å². The summed E-state index contributed by atoms with van der Waals surface area (Å²) < 4.78 is 5.15. The molecule has 2 unspecified atom stereocenters. The molecule has 1 aromatic rings. The zero-order valence-electron chi connectivity index (χ0n) is 10.4. The average molecular weight is 297 g/mol. The number of ether oxygens (including phenoxy) is 1. The highest BCUT2D eigenvalue weighted by molar-refractivity contribution is 9.10. The van der Waals surface area contributed by atoms with E-state index in [-0.39, 0.29) is 16.2 Å². The van der Waals surface area contributed by atoms with E-state index in [1.807, 2.05) is 12.1 Å². The van der Waals surface area contributed by atoms with Crippen molar-refractivity contribution in [3.63, 3.8) is 0 Å². The van der Waals surface area contributed by atoms with Crippen LogP contribution in [0.1, 0.15) is 31.7 Å². The number of ketones is 1. The largest absolute Gasteiger partial charge is 0.497 e. The van der Waals surface area contributed by atoms with Crippen molar-refractivity contribution in [2.45, 2.75) is 31.0 Å². The molecule has 2 nitrogen and oxygen atoms in total. The number of benzene rings is 1. The van der Waals surface area contributed by atoms with Crippen molar-refractivity contribution in [1.82, 2.24) is 0 Å². The van der Waals surface area contributed by atoms with Crippen molar-refractivity contribution in [2.24, 2.45) is 5.41 Å². The maximum absolute atomic E-state index is 11.8. The van der Waals surface area contributed by atoms with E-state index in [2.05, 4.69) is 41.9 Å². The van der Waals surface area contributed by atoms with Crippen LogP contribution in [0.25, 0.3) is 0 Å². The van der Waals surface area contributed by atoms with E-state index in [0.29, 0.717) is 12.2 Å². The molecule has 17 heavy (non-hydrogen) atoms. The topological polar surface area (TPSA) is 26.3 Å². The van der Waals surface area contributed by atoms with Gasteiger partial charge in [0.1, 0.15) is 11.5 Å². The van der Waals surface area contributed by atoms with E-state index in [1.165, 1.54) is 5.56 Å². The van der Waals surface area contributed by atoms with E-state index in [1.54, 1.807) is 7.11 Å². The van der Waals surface area contributed by atoms with Gasteiger partial charge in [-0.3, -0.25) is 4.79 Å². The monoisotopic (exact) mass is 296 g/mol. The fourth-order valence-corrected chi connectivity index (χ4v) is 3.85. The number of carbonyl (C=O) groups is 1. The molecule has 1 saturated carbocycles. The van der Waals surface area contributed by atoms with Crippen LogP contribution in [0.4, 0.5) is 0 Å². The molecule has 1 aliphatic rings. The lowest BCUT2D eigenvalue weighted by molar-refractivity contribution is -0.117. The Bertz CT molecular complexity index is 422. The van der Waals surface area contributed by atoms with Gasteiger partial charge in [-0.1, -0.05) is 41.9 Å². The van der Waals surface area contributed by atoms with Crippen LogP contribution in [0, 0.1) is 5.41 Å². The second-order valence-electron chi connectivity index (χ2n) is 5.28. The Morgan fingerprint density at radius 1 is 1.29 bits per heavy atom. The molecule has 0 spiro atoms. The summed E-state index contributed by atoms with van der Waals surface area (Å²) in [6, 6.07) is 8.01. The Morgan fingerprint density at radius 2 is 1.88 bits per heavy atom. The van der Waals surface area contributed by atoms with Crippen molar-refractivity contribution in [1.29, 1.82) is 0 Å². The van der Waals surface area contributed by atoms with Crippen LogP contribution in [0.3, 0.4) is 0 Å². The molecule has 3 heteroatoms. The molecule has 1 aromatic carbocycles. The summed E-state index contributed by atoms with van der Waals surface area (Å²) in [7, 11) is 1.66. The molecule has 0 amide bonds. The second-order valence-corrected chi connectivity index (χ2v) is 6.27. The molecule has 0 radical (unpaired) electrons. The van der Waals surface area contributed by atoms with Gasteiger partial charge in [-0.2, -0.15) is 0 Å². The molecule has 2 rings (SSSR count). The average Bonchev–Trinajstić information content (AvgIpc) is 2.48. The standard InChI is InChI=1S/C14H17BrO2/c1-14(2)8-11(16)13(15)12(14)9-4-6-10(17-3)7-5-9/h4-7,12-13H,8H2,1-3H3. The number of alkyl halides is 1. The van der Waals surface area contributed by atoms with Gasteiger partial charge in [0.25, 0.3) is 0 Å². The van der Waals surface area contributed by atoms with Gasteiger partial charge >= 0.3 is 0 Å². The molecule has 0 aliphatic heterocycles. The smallest absolute Gasteiger partial charge is 0.147 e. The van der Waals surface area contributed by atoms with E-state index < -0.39 is 0 Å². The molecule has 0 heterocycles. The van der Waals surface area contributed by atoms with Gasteiger partial charge in [-0.15, -0.1) is 0 Å². The molecule has 0 N–H and O–H groups in total. The van der Waals surface area contributed by atoms with Crippen LogP contribution in [-0.4, -0.2) is 17.7 Å². The van der Waals surface area contributed by atoms with E-state index in [0.717, 1.165) is 5.75 Å². The summed E-state index contributed by atoms with van der Waals surface area (Å²) in [4.78, 5) is 11.8. The van der Waals surface area contributed by atoms with Crippen LogP contribution < -0.4 is 4.74 Å². The van der Waals surface area contributed by atoms with Crippen LogP contribution in [0.15, 0.2) is 24.3 Å². The minimum absolute atomic E-state index is 0.0137. The summed E-state index contributed by atoms with van der Waals surface area (Å²) in [5, 5.41) is 0. The van der Waals surface area contributed by atoms with Crippen LogP contribution >= 0.6 is 15.9 Å². The minimum atomic E-state index is -0.0640. The Hall–Kier alpha value is -0.830. The maximum Gasteiger partial charge on any atom is 0.147 e. The van der Waals surface area contributed by atoms with Crippen LogP contribution in [-0.2, 0) is 4.79 Å². The third kappa shape index (κ3) is 2.25. The highest BCUT2D eigenvalue weighted by Gasteiger charge is 2.46. The molecule has 0 saturated heterocycles. The van der Waals surface area contributed by atoms with E-state index in [9.17, 15) is 4.79 Å². The van der Waals surface area contributed by atoms with Crippen molar-refractivity contribution in [3.8, 4) is 5.75 Å². The number of carbonyl (C=O) groups excluding carboxylic acids is 1. The molecule has 92 valence electrons. The fourth-order valence-electron chi connectivity index (χ4n) is 2.67. The first-order valence-corrected chi connectivity index (χ1v) is 6.68. The molecule has 0 aromatic heterocycles. The Balaban J connectivity index is 2.34. The van der Waals surface area contributed by atoms with E-state index >= 15 is 0 Å². The summed E-state index contributed by atoms with van der Waals surface area (Å²) in [5.41, 5.74) is 1.21. The highest BCUT2D eigenvalue weighted by Crippen LogP contribution is 2.50. The van der Waals surface area contributed by atoms with Gasteiger partial charge in [-0.25, -0.2) is 0 Å².